The minimum Gasteiger partial charge on any atom is -0.465 e. The number of aryl methyl sites for hydroxylation is 1. The second-order valence-electron chi connectivity index (χ2n) is 3.48. The van der Waals surface area contributed by atoms with Crippen LogP contribution in [0.15, 0.2) is 16.5 Å². The lowest BCUT2D eigenvalue weighted by Crippen LogP contribution is -2.34. The van der Waals surface area contributed by atoms with Crippen molar-refractivity contribution in [1.82, 2.24) is 10.6 Å². The van der Waals surface area contributed by atoms with Gasteiger partial charge in [0, 0.05) is 13.1 Å². The summed E-state index contributed by atoms with van der Waals surface area (Å²) in [6.45, 7) is 2.17. The molecule has 0 atom stereocenters. The van der Waals surface area contributed by atoms with Gasteiger partial charge in [0.05, 0.1) is 13.1 Å². The monoisotopic (exact) mass is 236 g/mol. The van der Waals surface area contributed by atoms with E-state index < -0.39 is 12.7 Å². The Hall–Kier alpha value is -1.01. The van der Waals surface area contributed by atoms with Crippen molar-refractivity contribution in [3.05, 3.63) is 23.7 Å². The third-order valence-corrected chi connectivity index (χ3v) is 1.90. The second-order valence-corrected chi connectivity index (χ2v) is 3.48. The zero-order chi connectivity index (χ0) is 12.0. The van der Waals surface area contributed by atoms with Gasteiger partial charge in [-0.2, -0.15) is 13.2 Å². The van der Waals surface area contributed by atoms with E-state index in [9.17, 15) is 13.2 Å². The van der Waals surface area contributed by atoms with Crippen LogP contribution in [0.4, 0.5) is 13.2 Å². The van der Waals surface area contributed by atoms with E-state index in [0.717, 1.165) is 11.5 Å². The quantitative estimate of drug-likeness (QED) is 0.740. The van der Waals surface area contributed by atoms with Gasteiger partial charge in [-0.1, -0.05) is 0 Å². The number of rotatable bonds is 6. The lowest BCUT2D eigenvalue weighted by atomic mass is 10.4. The van der Waals surface area contributed by atoms with Crippen LogP contribution in [0.1, 0.15) is 11.5 Å². The molecular formula is C10H15F3N2O. The van der Waals surface area contributed by atoms with Crippen molar-refractivity contribution in [1.29, 1.82) is 0 Å². The summed E-state index contributed by atoms with van der Waals surface area (Å²) in [5.74, 6) is 1.61. The first-order valence-corrected chi connectivity index (χ1v) is 5.01. The van der Waals surface area contributed by atoms with E-state index in [-0.39, 0.29) is 6.54 Å². The Morgan fingerprint density at radius 2 is 1.88 bits per heavy atom. The predicted molar refractivity (Wildman–Crippen MR) is 54.1 cm³/mol. The zero-order valence-corrected chi connectivity index (χ0v) is 9.03. The second kappa shape index (κ2) is 5.91. The molecule has 0 amide bonds. The average molecular weight is 236 g/mol. The first-order valence-electron chi connectivity index (χ1n) is 5.01. The number of hydrogen-bond acceptors (Lipinski definition) is 3. The van der Waals surface area contributed by atoms with Gasteiger partial charge in [-0.3, -0.25) is 0 Å². The molecule has 0 aliphatic heterocycles. The van der Waals surface area contributed by atoms with E-state index in [1.165, 1.54) is 0 Å². The molecule has 0 aromatic carbocycles. The predicted octanol–water partition coefficient (Wildman–Crippen LogP) is 1.83. The SMILES string of the molecule is Cc1ccc(CNCCNCC(F)(F)F)o1. The van der Waals surface area contributed by atoms with Gasteiger partial charge < -0.3 is 15.1 Å². The summed E-state index contributed by atoms with van der Waals surface area (Å²) in [6, 6.07) is 3.68. The van der Waals surface area contributed by atoms with E-state index in [1.807, 2.05) is 19.1 Å². The minimum atomic E-state index is -4.14. The van der Waals surface area contributed by atoms with Crippen LogP contribution in [0.3, 0.4) is 0 Å². The van der Waals surface area contributed by atoms with Gasteiger partial charge in [-0.05, 0) is 19.1 Å². The zero-order valence-electron chi connectivity index (χ0n) is 9.03. The third kappa shape index (κ3) is 5.77. The van der Waals surface area contributed by atoms with Gasteiger partial charge in [0.2, 0.25) is 0 Å². The number of nitrogens with one attached hydrogen (secondary N) is 2. The lowest BCUT2D eigenvalue weighted by Gasteiger charge is -2.08. The number of hydrogen-bond donors (Lipinski definition) is 2. The van der Waals surface area contributed by atoms with Gasteiger partial charge in [0.15, 0.2) is 0 Å². The Bertz CT molecular complexity index is 309. The van der Waals surface area contributed by atoms with E-state index >= 15 is 0 Å². The molecule has 0 aliphatic rings. The maximum atomic E-state index is 11.7. The summed E-state index contributed by atoms with van der Waals surface area (Å²) in [7, 11) is 0. The maximum Gasteiger partial charge on any atom is 0.401 e. The van der Waals surface area contributed by atoms with Gasteiger partial charge in [0.1, 0.15) is 11.5 Å². The molecule has 2 N–H and O–H groups in total. The Balaban J connectivity index is 2.00. The Morgan fingerprint density at radius 3 is 2.44 bits per heavy atom. The maximum absolute atomic E-state index is 11.7. The molecule has 1 rings (SSSR count). The highest BCUT2D eigenvalue weighted by Gasteiger charge is 2.25. The molecule has 1 heterocycles. The van der Waals surface area contributed by atoms with Crippen molar-refractivity contribution in [2.24, 2.45) is 0 Å². The number of halogens is 3. The van der Waals surface area contributed by atoms with Crippen LogP contribution in [-0.4, -0.2) is 25.8 Å². The summed E-state index contributed by atoms with van der Waals surface area (Å²) in [6.07, 6.45) is -4.14. The summed E-state index contributed by atoms with van der Waals surface area (Å²) >= 11 is 0. The van der Waals surface area contributed by atoms with E-state index in [2.05, 4.69) is 10.6 Å². The summed E-state index contributed by atoms with van der Waals surface area (Å²) < 4.78 is 40.5. The minimum absolute atomic E-state index is 0.277. The van der Waals surface area contributed by atoms with Crippen LogP contribution in [0.5, 0.6) is 0 Å². The van der Waals surface area contributed by atoms with Crippen molar-refractivity contribution in [2.75, 3.05) is 19.6 Å². The first kappa shape index (κ1) is 13.1. The van der Waals surface area contributed by atoms with Crippen molar-refractivity contribution >= 4 is 0 Å². The fourth-order valence-electron chi connectivity index (χ4n) is 1.20. The molecule has 0 bridgehead atoms. The fourth-order valence-corrected chi connectivity index (χ4v) is 1.20. The van der Waals surface area contributed by atoms with Crippen LogP contribution in [0.25, 0.3) is 0 Å². The number of alkyl halides is 3. The molecule has 6 heteroatoms. The molecule has 16 heavy (non-hydrogen) atoms. The van der Waals surface area contributed by atoms with E-state index in [0.29, 0.717) is 13.1 Å². The normalized spacial score (nSPS) is 12.0. The highest BCUT2D eigenvalue weighted by atomic mass is 19.4. The van der Waals surface area contributed by atoms with Crippen molar-refractivity contribution in [3.8, 4) is 0 Å². The summed E-state index contributed by atoms with van der Waals surface area (Å²) in [5, 5.41) is 5.28. The van der Waals surface area contributed by atoms with Crippen LogP contribution in [0.2, 0.25) is 0 Å². The van der Waals surface area contributed by atoms with Gasteiger partial charge in [-0.25, -0.2) is 0 Å². The standard InChI is InChI=1S/C10H15F3N2O/c1-8-2-3-9(16-8)6-14-4-5-15-7-10(11,12)13/h2-3,14-15H,4-7H2,1H3. The summed E-state index contributed by atoms with van der Waals surface area (Å²) in [5.41, 5.74) is 0. The van der Waals surface area contributed by atoms with Crippen molar-refractivity contribution < 1.29 is 17.6 Å². The molecule has 0 aliphatic carbocycles. The molecule has 0 saturated carbocycles. The van der Waals surface area contributed by atoms with Gasteiger partial charge in [-0.15, -0.1) is 0 Å². The average Bonchev–Trinajstić information content (AvgIpc) is 2.56. The molecule has 0 radical (unpaired) electrons. The van der Waals surface area contributed by atoms with E-state index in [4.69, 9.17) is 4.42 Å². The molecule has 1 aromatic heterocycles. The topological polar surface area (TPSA) is 37.2 Å². The highest BCUT2D eigenvalue weighted by molar-refractivity contribution is 5.04. The first-order chi connectivity index (χ1) is 7.47. The fraction of sp³-hybridized carbons (Fsp3) is 0.600. The number of furan rings is 1. The summed E-state index contributed by atoms with van der Waals surface area (Å²) in [4.78, 5) is 0. The molecule has 1 aromatic rings. The van der Waals surface area contributed by atoms with E-state index in [1.54, 1.807) is 0 Å². The molecule has 3 nitrogen and oxygen atoms in total. The Kier molecular flexibility index (Phi) is 4.82. The largest absolute Gasteiger partial charge is 0.465 e. The van der Waals surface area contributed by atoms with Crippen molar-refractivity contribution in [3.63, 3.8) is 0 Å². The smallest absolute Gasteiger partial charge is 0.401 e. The molecule has 0 unspecified atom stereocenters. The molecular weight excluding hydrogens is 221 g/mol. The molecule has 92 valence electrons. The molecule has 0 saturated heterocycles. The highest BCUT2D eigenvalue weighted by Crippen LogP contribution is 2.11. The Labute approximate surface area is 92.0 Å². The third-order valence-electron chi connectivity index (χ3n) is 1.90. The van der Waals surface area contributed by atoms with Crippen LogP contribution < -0.4 is 10.6 Å². The van der Waals surface area contributed by atoms with Gasteiger partial charge >= 0.3 is 6.18 Å². The lowest BCUT2D eigenvalue weighted by molar-refractivity contribution is -0.124. The van der Waals surface area contributed by atoms with Crippen LogP contribution >= 0.6 is 0 Å². The van der Waals surface area contributed by atoms with Crippen LogP contribution in [-0.2, 0) is 6.54 Å². The molecule has 0 spiro atoms. The van der Waals surface area contributed by atoms with Gasteiger partial charge in [0.25, 0.3) is 0 Å². The van der Waals surface area contributed by atoms with Crippen molar-refractivity contribution in [2.45, 2.75) is 19.6 Å². The molecule has 0 fully saturated rings. The van der Waals surface area contributed by atoms with Crippen LogP contribution in [0, 0.1) is 6.92 Å². The Morgan fingerprint density at radius 1 is 1.19 bits per heavy atom.